The van der Waals surface area contributed by atoms with Crippen LogP contribution >= 0.6 is 0 Å². The van der Waals surface area contributed by atoms with E-state index in [1.165, 1.54) is 12.1 Å². The number of nitrogens with one attached hydrogen (secondary N) is 2. The Bertz CT molecular complexity index is 985. The molecule has 186 valence electrons. The van der Waals surface area contributed by atoms with Crippen LogP contribution in [0.3, 0.4) is 0 Å². The lowest BCUT2D eigenvalue weighted by Crippen LogP contribution is -2.56. The molecule has 1 amide bonds. The van der Waals surface area contributed by atoms with Crippen LogP contribution in [0.5, 0.6) is 0 Å². The van der Waals surface area contributed by atoms with E-state index in [0.717, 1.165) is 5.56 Å². The molecule has 10 heteroatoms. The molecule has 0 radical (unpaired) electrons. The second-order valence-electron chi connectivity index (χ2n) is 10.6. The summed E-state index contributed by atoms with van der Waals surface area (Å²) in [6.45, 7) is 13.9. The van der Waals surface area contributed by atoms with Crippen LogP contribution in [-0.2, 0) is 24.2 Å². The molecule has 1 aliphatic carbocycles. The van der Waals surface area contributed by atoms with Crippen LogP contribution in [-0.4, -0.2) is 60.9 Å². The van der Waals surface area contributed by atoms with Gasteiger partial charge in [0.05, 0.1) is 23.1 Å². The highest BCUT2D eigenvalue weighted by Gasteiger charge is 2.68. The van der Waals surface area contributed by atoms with Crippen molar-refractivity contribution < 1.29 is 32.5 Å². The number of hydrogen-bond acceptors (Lipinski definition) is 7. The number of carbonyl (C=O) groups is 1. The van der Waals surface area contributed by atoms with E-state index >= 15 is 0 Å². The van der Waals surface area contributed by atoms with Crippen LogP contribution in [0.25, 0.3) is 0 Å². The van der Waals surface area contributed by atoms with E-state index in [9.17, 15) is 18.3 Å². The van der Waals surface area contributed by atoms with Crippen molar-refractivity contribution in [2.24, 2.45) is 5.92 Å². The van der Waals surface area contributed by atoms with Gasteiger partial charge in [-0.2, -0.15) is 0 Å². The van der Waals surface area contributed by atoms with E-state index in [0.29, 0.717) is 0 Å². The summed E-state index contributed by atoms with van der Waals surface area (Å²) < 4.78 is 47.0. The molecule has 1 heterocycles. The molecule has 1 aromatic rings. The third-order valence-corrected chi connectivity index (χ3v) is 7.50. The second-order valence-corrected chi connectivity index (χ2v) is 12.3. The molecule has 0 bridgehead atoms. The largest absolute Gasteiger partial charge is 0.444 e. The third-order valence-electron chi connectivity index (χ3n) is 6.03. The van der Waals surface area contributed by atoms with Gasteiger partial charge in [-0.25, -0.2) is 17.9 Å². The zero-order chi connectivity index (χ0) is 25.0. The SMILES string of the molecule is Cc1ccc(S(=O)(=O)N[C@@H]2[C@@H]([C@H](C)O)[C@@]3(C)OC(C)(C)OC3[C@H]2NC(=O)OC(C)(C)C)cc1. The highest BCUT2D eigenvalue weighted by Crippen LogP contribution is 2.51. The first-order valence-electron chi connectivity index (χ1n) is 11.1. The lowest BCUT2D eigenvalue weighted by Gasteiger charge is -2.36. The molecule has 1 aromatic carbocycles. The number of aliphatic hydroxyl groups is 1. The lowest BCUT2D eigenvalue weighted by atomic mass is 9.86. The number of amides is 1. The Kier molecular flexibility index (Phi) is 6.67. The molecule has 2 fully saturated rings. The highest BCUT2D eigenvalue weighted by molar-refractivity contribution is 7.89. The summed E-state index contributed by atoms with van der Waals surface area (Å²) in [7, 11) is -3.98. The summed E-state index contributed by atoms with van der Waals surface area (Å²) in [6.07, 6.45) is -2.41. The zero-order valence-corrected chi connectivity index (χ0v) is 21.3. The summed E-state index contributed by atoms with van der Waals surface area (Å²) in [4.78, 5) is 12.8. The molecular weight excluding hydrogens is 448 g/mol. The van der Waals surface area contributed by atoms with Gasteiger partial charge in [-0.3, -0.25) is 0 Å². The first kappa shape index (κ1) is 25.9. The molecule has 33 heavy (non-hydrogen) atoms. The molecule has 0 aromatic heterocycles. The van der Waals surface area contributed by atoms with E-state index in [-0.39, 0.29) is 4.90 Å². The Morgan fingerprint density at radius 3 is 2.24 bits per heavy atom. The number of alkyl carbamates (subject to hydrolysis) is 1. The molecule has 1 saturated heterocycles. The molecular formula is C23H36N2O7S. The highest BCUT2D eigenvalue weighted by atomic mass is 32.2. The van der Waals surface area contributed by atoms with Gasteiger partial charge in [-0.1, -0.05) is 17.7 Å². The number of ether oxygens (including phenoxy) is 3. The number of rotatable bonds is 5. The first-order valence-corrected chi connectivity index (χ1v) is 12.6. The van der Waals surface area contributed by atoms with Crippen molar-refractivity contribution in [2.75, 3.05) is 0 Å². The minimum absolute atomic E-state index is 0.0813. The fourth-order valence-electron chi connectivity index (χ4n) is 4.99. The summed E-state index contributed by atoms with van der Waals surface area (Å²) in [5.41, 5.74) is -0.899. The number of benzene rings is 1. The average molecular weight is 485 g/mol. The van der Waals surface area contributed by atoms with Crippen LogP contribution in [0.1, 0.15) is 54.0 Å². The van der Waals surface area contributed by atoms with Crippen LogP contribution in [0.4, 0.5) is 4.79 Å². The van der Waals surface area contributed by atoms with Crippen molar-refractivity contribution in [3.63, 3.8) is 0 Å². The third kappa shape index (κ3) is 5.35. The molecule has 3 rings (SSSR count). The van der Waals surface area contributed by atoms with Crippen molar-refractivity contribution >= 4 is 16.1 Å². The maximum atomic E-state index is 13.3. The van der Waals surface area contributed by atoms with Crippen LogP contribution in [0, 0.1) is 12.8 Å². The molecule has 9 nitrogen and oxygen atoms in total. The maximum absolute atomic E-state index is 13.3. The van der Waals surface area contributed by atoms with E-state index in [1.54, 1.807) is 60.6 Å². The van der Waals surface area contributed by atoms with Gasteiger partial charge in [-0.05, 0) is 67.5 Å². The predicted octanol–water partition coefficient (Wildman–Crippen LogP) is 2.46. The van der Waals surface area contributed by atoms with Gasteiger partial charge in [0.2, 0.25) is 10.0 Å². The van der Waals surface area contributed by atoms with Crippen molar-refractivity contribution in [1.82, 2.24) is 10.0 Å². The fourth-order valence-corrected chi connectivity index (χ4v) is 6.27. The number of hydrogen-bond donors (Lipinski definition) is 3. The molecule has 3 N–H and O–H groups in total. The van der Waals surface area contributed by atoms with Crippen molar-refractivity contribution in [2.45, 2.75) is 102 Å². The number of sulfonamides is 1. The van der Waals surface area contributed by atoms with Gasteiger partial charge >= 0.3 is 6.09 Å². The van der Waals surface area contributed by atoms with Crippen LogP contribution in [0.15, 0.2) is 29.2 Å². The van der Waals surface area contributed by atoms with Gasteiger partial charge in [0, 0.05) is 5.92 Å². The summed E-state index contributed by atoms with van der Waals surface area (Å²) in [6, 6.07) is 4.66. The number of aryl methyl sites for hydroxylation is 1. The minimum Gasteiger partial charge on any atom is -0.444 e. The zero-order valence-electron chi connectivity index (χ0n) is 20.5. The number of aliphatic hydroxyl groups excluding tert-OH is 1. The molecule has 0 spiro atoms. The summed E-state index contributed by atoms with van der Waals surface area (Å²) >= 11 is 0. The van der Waals surface area contributed by atoms with Crippen LogP contribution < -0.4 is 10.0 Å². The van der Waals surface area contributed by atoms with Gasteiger partial charge in [-0.15, -0.1) is 0 Å². The Morgan fingerprint density at radius 1 is 1.15 bits per heavy atom. The normalized spacial score (nSPS) is 32.3. The monoisotopic (exact) mass is 484 g/mol. The average Bonchev–Trinajstić information content (AvgIpc) is 2.97. The lowest BCUT2D eigenvalue weighted by molar-refractivity contribution is -0.184. The van der Waals surface area contributed by atoms with E-state index < -0.39 is 63.3 Å². The smallest absolute Gasteiger partial charge is 0.408 e. The van der Waals surface area contributed by atoms with Crippen molar-refractivity contribution in [3.8, 4) is 0 Å². The maximum Gasteiger partial charge on any atom is 0.408 e. The molecule has 1 saturated carbocycles. The second kappa shape index (κ2) is 8.49. The van der Waals surface area contributed by atoms with Gasteiger partial charge in [0.15, 0.2) is 5.79 Å². The molecule has 1 aliphatic heterocycles. The van der Waals surface area contributed by atoms with Crippen LogP contribution in [0.2, 0.25) is 0 Å². The minimum atomic E-state index is -3.98. The Labute approximate surface area is 196 Å². The summed E-state index contributed by atoms with van der Waals surface area (Å²) in [5, 5.41) is 13.5. The quantitative estimate of drug-likeness (QED) is 0.587. The number of fused-ring (bicyclic) bond motifs is 1. The Morgan fingerprint density at radius 2 is 1.73 bits per heavy atom. The fraction of sp³-hybridized carbons (Fsp3) is 0.696. The predicted molar refractivity (Wildman–Crippen MR) is 122 cm³/mol. The summed E-state index contributed by atoms with van der Waals surface area (Å²) in [5.74, 6) is -1.70. The van der Waals surface area contributed by atoms with Crippen molar-refractivity contribution in [3.05, 3.63) is 29.8 Å². The van der Waals surface area contributed by atoms with Gasteiger partial charge < -0.3 is 24.6 Å². The Hall–Kier alpha value is -1.72. The number of carbonyl (C=O) groups excluding carboxylic acids is 1. The van der Waals surface area contributed by atoms with Crippen molar-refractivity contribution in [1.29, 1.82) is 0 Å². The van der Waals surface area contributed by atoms with E-state index in [1.807, 2.05) is 6.92 Å². The standard InChI is InChI=1S/C23H36N2O7S/c1-13-9-11-15(12-10-13)33(28,29)25-17-16(14(2)26)23(8)19(30-22(6,7)32-23)18(17)24-20(27)31-21(3,4)5/h9-12,14,16-19,25-26H,1-8H3,(H,24,27)/t14-,16+,17+,18-,19?,23+/m0/s1. The van der Waals surface area contributed by atoms with Gasteiger partial charge in [0.1, 0.15) is 17.3 Å². The molecule has 2 aliphatic rings. The van der Waals surface area contributed by atoms with Gasteiger partial charge in [0.25, 0.3) is 0 Å². The molecule has 1 unspecified atom stereocenters. The molecule has 6 atom stereocenters. The first-order chi connectivity index (χ1) is 15.0. The van der Waals surface area contributed by atoms with E-state index in [2.05, 4.69) is 10.0 Å². The Balaban J connectivity index is 2.01. The van der Waals surface area contributed by atoms with E-state index in [4.69, 9.17) is 14.2 Å². The topological polar surface area (TPSA) is 123 Å².